The summed E-state index contributed by atoms with van der Waals surface area (Å²) in [5, 5.41) is 7.00. The predicted octanol–water partition coefficient (Wildman–Crippen LogP) is 5.31. The highest BCUT2D eigenvalue weighted by Crippen LogP contribution is 2.46. The van der Waals surface area contributed by atoms with Gasteiger partial charge in [0.2, 0.25) is 0 Å². The largest absolute Gasteiger partial charge is 0.356 e. The molecule has 0 spiro atoms. The van der Waals surface area contributed by atoms with Gasteiger partial charge in [-0.3, -0.25) is 9.78 Å². The van der Waals surface area contributed by atoms with E-state index in [4.69, 9.17) is 9.72 Å². The normalized spacial score (nSPS) is 17.3. The molecule has 38 heavy (non-hydrogen) atoms. The van der Waals surface area contributed by atoms with Crippen LogP contribution in [-0.2, 0) is 4.74 Å². The molecule has 0 radical (unpaired) electrons. The summed E-state index contributed by atoms with van der Waals surface area (Å²) in [5.74, 6) is 0.0364. The fourth-order valence-corrected chi connectivity index (χ4v) is 5.68. The van der Waals surface area contributed by atoms with E-state index in [-0.39, 0.29) is 17.3 Å². The maximum absolute atomic E-state index is 15.1. The third-order valence-electron chi connectivity index (χ3n) is 7.75. The summed E-state index contributed by atoms with van der Waals surface area (Å²) >= 11 is 0. The third kappa shape index (κ3) is 3.16. The van der Waals surface area contributed by atoms with Crippen molar-refractivity contribution in [3.8, 4) is 16.8 Å². The van der Waals surface area contributed by atoms with Crippen LogP contribution in [0.15, 0.2) is 78.1 Å². The first kappa shape index (κ1) is 21.6. The summed E-state index contributed by atoms with van der Waals surface area (Å²) < 4.78 is 24.2. The van der Waals surface area contributed by atoms with Crippen molar-refractivity contribution in [1.29, 1.82) is 0 Å². The zero-order chi connectivity index (χ0) is 25.4. The number of hydrogen-bond donors (Lipinski definition) is 1. The Hall–Kier alpha value is -4.43. The molecule has 6 aromatic rings. The van der Waals surface area contributed by atoms with Gasteiger partial charge in [0.15, 0.2) is 24.4 Å². The van der Waals surface area contributed by atoms with Gasteiger partial charge in [0, 0.05) is 52.7 Å². The van der Waals surface area contributed by atoms with Crippen molar-refractivity contribution in [2.75, 3.05) is 6.61 Å². The van der Waals surface area contributed by atoms with E-state index >= 15 is 4.39 Å². The minimum Gasteiger partial charge on any atom is -0.356 e. The van der Waals surface area contributed by atoms with Crippen LogP contribution in [0.3, 0.4) is 0 Å². The first-order chi connectivity index (χ1) is 18.7. The SMILES string of the molecule is O=c1[nH]c2c(cc(C3CC3)c3ncccc32)c(-c2ccc(F)c3nn(C4CCO4)cc23)c1-[n+]1ccccc1. The Morgan fingerprint density at radius 3 is 2.61 bits per heavy atom. The molecule has 1 atom stereocenters. The molecule has 1 saturated heterocycles. The number of aromatic amines is 1. The molecule has 1 unspecified atom stereocenters. The molecular formula is C30H23FN5O2+. The summed E-state index contributed by atoms with van der Waals surface area (Å²) in [7, 11) is 0. The molecule has 0 bridgehead atoms. The Morgan fingerprint density at radius 2 is 1.84 bits per heavy atom. The van der Waals surface area contributed by atoms with Gasteiger partial charge in [0.05, 0.1) is 23.2 Å². The van der Waals surface area contributed by atoms with Gasteiger partial charge in [0.1, 0.15) is 5.52 Å². The topological polar surface area (TPSA) is 76.7 Å². The van der Waals surface area contributed by atoms with Crippen molar-refractivity contribution in [2.24, 2.45) is 0 Å². The number of fused-ring (bicyclic) bond motifs is 4. The summed E-state index contributed by atoms with van der Waals surface area (Å²) in [6, 6.07) is 15.0. The molecule has 7 nitrogen and oxygen atoms in total. The van der Waals surface area contributed by atoms with Crippen LogP contribution in [0.1, 0.15) is 37.0 Å². The monoisotopic (exact) mass is 504 g/mol. The van der Waals surface area contributed by atoms with Crippen molar-refractivity contribution in [1.82, 2.24) is 19.7 Å². The van der Waals surface area contributed by atoms with Crippen LogP contribution >= 0.6 is 0 Å². The van der Waals surface area contributed by atoms with Crippen molar-refractivity contribution in [3.05, 3.63) is 95.1 Å². The maximum Gasteiger partial charge on any atom is 0.321 e. The van der Waals surface area contributed by atoms with Crippen molar-refractivity contribution in [2.45, 2.75) is 31.4 Å². The Morgan fingerprint density at radius 1 is 1.00 bits per heavy atom. The minimum atomic E-state index is -0.404. The average Bonchev–Trinajstić information content (AvgIpc) is 3.66. The Bertz CT molecular complexity index is 1960. The van der Waals surface area contributed by atoms with Gasteiger partial charge in [-0.25, -0.2) is 9.07 Å². The number of hydrogen-bond acceptors (Lipinski definition) is 4. The van der Waals surface area contributed by atoms with E-state index in [9.17, 15) is 4.79 Å². The number of nitrogens with zero attached hydrogens (tertiary/aromatic N) is 4. The predicted molar refractivity (Wildman–Crippen MR) is 142 cm³/mol. The molecule has 4 aromatic heterocycles. The fourth-order valence-electron chi connectivity index (χ4n) is 5.68. The van der Waals surface area contributed by atoms with Crippen LogP contribution in [0, 0.1) is 5.82 Å². The lowest BCUT2D eigenvalue weighted by Crippen LogP contribution is -2.37. The first-order valence-electron chi connectivity index (χ1n) is 12.9. The molecule has 2 aliphatic rings. The van der Waals surface area contributed by atoms with E-state index in [2.05, 4.69) is 16.1 Å². The zero-order valence-corrected chi connectivity index (χ0v) is 20.4. The number of ether oxygens (including phenoxy) is 1. The number of benzene rings is 2. The van der Waals surface area contributed by atoms with E-state index < -0.39 is 5.82 Å². The molecule has 1 saturated carbocycles. The standard InChI is InChI=1S/C30H22FN5O2/c31-23-9-8-18(22-16-36(34-28(22)23)24-10-14-38-24)25-21-15-20(17-6-7-17)26-19(5-4-11-32-26)27(21)33-30(37)29(25)35-12-2-1-3-13-35/h1-5,8-9,11-13,15-17,24H,6-7,10,14H2/p+1. The van der Waals surface area contributed by atoms with Crippen molar-refractivity contribution in [3.63, 3.8) is 0 Å². The second kappa shape index (κ2) is 8.03. The molecule has 2 aromatic carbocycles. The maximum atomic E-state index is 15.1. The highest BCUT2D eigenvalue weighted by Gasteiger charge is 2.31. The second-order valence-corrected chi connectivity index (χ2v) is 10.1. The third-order valence-corrected chi connectivity index (χ3v) is 7.75. The Labute approximate surface area is 216 Å². The smallest absolute Gasteiger partial charge is 0.321 e. The van der Waals surface area contributed by atoms with E-state index in [1.54, 1.807) is 16.9 Å². The molecule has 186 valence electrons. The van der Waals surface area contributed by atoms with Gasteiger partial charge in [-0.05, 0) is 48.6 Å². The summed E-state index contributed by atoms with van der Waals surface area (Å²) in [6.07, 6.45) is 10.2. The molecular weight excluding hydrogens is 481 g/mol. The minimum absolute atomic E-state index is 0.204. The number of pyridine rings is 3. The zero-order valence-electron chi connectivity index (χ0n) is 20.4. The van der Waals surface area contributed by atoms with Crippen molar-refractivity contribution >= 4 is 32.7 Å². The van der Waals surface area contributed by atoms with Crippen LogP contribution in [0.4, 0.5) is 4.39 Å². The summed E-state index contributed by atoms with van der Waals surface area (Å²) in [6.45, 7) is 0.661. The van der Waals surface area contributed by atoms with Gasteiger partial charge in [0.25, 0.3) is 5.69 Å². The first-order valence-corrected chi connectivity index (χ1v) is 12.9. The van der Waals surface area contributed by atoms with Gasteiger partial charge in [-0.15, -0.1) is 0 Å². The summed E-state index contributed by atoms with van der Waals surface area (Å²) in [5.41, 5.74) is 4.82. The van der Waals surface area contributed by atoms with Gasteiger partial charge < -0.3 is 9.72 Å². The lowest BCUT2D eigenvalue weighted by atomic mass is 9.92. The summed E-state index contributed by atoms with van der Waals surface area (Å²) in [4.78, 5) is 21.7. The Kier molecular flexibility index (Phi) is 4.57. The molecule has 8 rings (SSSR count). The number of aromatic nitrogens is 5. The number of halogens is 1. The molecule has 8 heteroatoms. The van der Waals surface area contributed by atoms with Crippen LogP contribution in [-0.4, -0.2) is 26.4 Å². The molecule has 5 heterocycles. The van der Waals surface area contributed by atoms with Gasteiger partial charge >= 0.3 is 5.56 Å². The lowest BCUT2D eigenvalue weighted by molar-refractivity contribution is -0.596. The van der Waals surface area contributed by atoms with E-state index in [1.807, 2.05) is 53.5 Å². The molecule has 1 N–H and O–H groups in total. The van der Waals surface area contributed by atoms with Crippen LogP contribution in [0.2, 0.25) is 0 Å². The fraction of sp³-hybridized carbons (Fsp3) is 0.200. The Balaban J connectivity index is 1.55. The average molecular weight is 505 g/mol. The van der Waals surface area contributed by atoms with Crippen LogP contribution < -0.4 is 10.1 Å². The molecule has 1 aliphatic carbocycles. The van der Waals surface area contributed by atoms with Gasteiger partial charge in [-0.2, -0.15) is 9.67 Å². The highest BCUT2D eigenvalue weighted by atomic mass is 19.1. The van der Waals surface area contributed by atoms with E-state index in [1.165, 1.54) is 11.6 Å². The van der Waals surface area contributed by atoms with Gasteiger partial charge in [-0.1, -0.05) is 12.1 Å². The highest BCUT2D eigenvalue weighted by molar-refractivity contribution is 6.14. The molecule has 0 amide bonds. The molecule has 1 aliphatic heterocycles. The quantitative estimate of drug-likeness (QED) is 0.261. The number of H-pyrrole nitrogens is 1. The van der Waals surface area contributed by atoms with E-state index in [0.717, 1.165) is 52.2 Å². The lowest BCUT2D eigenvalue weighted by Gasteiger charge is -2.26. The second-order valence-electron chi connectivity index (χ2n) is 10.1. The van der Waals surface area contributed by atoms with Crippen LogP contribution in [0.5, 0.6) is 0 Å². The van der Waals surface area contributed by atoms with Crippen LogP contribution in [0.25, 0.3) is 49.5 Å². The molecule has 2 fully saturated rings. The van der Waals surface area contributed by atoms with E-state index in [0.29, 0.717) is 23.6 Å². The number of rotatable bonds is 4. The van der Waals surface area contributed by atoms with Crippen molar-refractivity contribution < 1.29 is 13.7 Å². The number of nitrogens with one attached hydrogen (secondary N) is 1.